The Kier molecular flexibility index (Phi) is 5.44. The largest absolute Gasteiger partial charge is 0.497 e. The molecule has 106 valence electrons. The van der Waals surface area contributed by atoms with Crippen molar-refractivity contribution < 1.29 is 14.6 Å². The third-order valence-electron chi connectivity index (χ3n) is 3.17. The van der Waals surface area contributed by atoms with E-state index in [9.17, 15) is 5.11 Å². The van der Waals surface area contributed by atoms with Gasteiger partial charge in [-0.3, -0.25) is 0 Å². The van der Waals surface area contributed by atoms with Crippen LogP contribution in [0, 0.1) is 5.92 Å². The number of benzene rings is 2. The zero-order chi connectivity index (χ0) is 14.2. The number of aliphatic hydroxyl groups excluding tert-OH is 1. The van der Waals surface area contributed by atoms with Gasteiger partial charge in [-0.25, -0.2) is 0 Å². The molecule has 0 bridgehead atoms. The average Bonchev–Trinajstić information content (AvgIpc) is 2.53. The van der Waals surface area contributed by atoms with E-state index in [1.54, 1.807) is 7.11 Å². The van der Waals surface area contributed by atoms with E-state index < -0.39 is 0 Å². The lowest BCUT2D eigenvalue weighted by molar-refractivity contribution is 0.162. The topological polar surface area (TPSA) is 38.7 Å². The van der Waals surface area contributed by atoms with Crippen molar-refractivity contribution in [1.82, 2.24) is 0 Å². The number of aliphatic hydroxyl groups is 1. The molecule has 0 heterocycles. The second-order valence-electron chi connectivity index (χ2n) is 4.72. The van der Waals surface area contributed by atoms with Gasteiger partial charge in [-0.15, -0.1) is 0 Å². The van der Waals surface area contributed by atoms with Crippen molar-refractivity contribution in [2.45, 2.75) is 6.42 Å². The normalized spacial score (nSPS) is 11.9. The number of hydrogen-bond donors (Lipinski definition) is 1. The summed E-state index contributed by atoms with van der Waals surface area (Å²) >= 11 is 0. The van der Waals surface area contributed by atoms with E-state index in [4.69, 9.17) is 9.47 Å². The Hall–Kier alpha value is -2.00. The molecule has 2 aromatic carbocycles. The summed E-state index contributed by atoms with van der Waals surface area (Å²) in [5.74, 6) is 1.69. The number of ether oxygens (including phenoxy) is 2. The van der Waals surface area contributed by atoms with Crippen LogP contribution >= 0.6 is 0 Å². The second kappa shape index (κ2) is 7.56. The molecule has 20 heavy (non-hydrogen) atoms. The molecule has 0 aliphatic rings. The predicted molar refractivity (Wildman–Crippen MR) is 79.2 cm³/mol. The van der Waals surface area contributed by atoms with Crippen LogP contribution in [0.5, 0.6) is 11.5 Å². The van der Waals surface area contributed by atoms with Crippen LogP contribution in [-0.4, -0.2) is 25.4 Å². The lowest BCUT2D eigenvalue weighted by Gasteiger charge is -2.15. The SMILES string of the molecule is COc1ccc(OCC(CO)Cc2ccccc2)cc1. The molecule has 0 aliphatic carbocycles. The first-order valence-electron chi connectivity index (χ1n) is 6.73. The summed E-state index contributed by atoms with van der Waals surface area (Å²) in [4.78, 5) is 0. The van der Waals surface area contributed by atoms with Gasteiger partial charge in [0.15, 0.2) is 0 Å². The molecule has 0 fully saturated rings. The Bertz CT molecular complexity index is 493. The van der Waals surface area contributed by atoms with Gasteiger partial charge < -0.3 is 14.6 Å². The van der Waals surface area contributed by atoms with Crippen molar-refractivity contribution in [2.75, 3.05) is 20.3 Å². The maximum absolute atomic E-state index is 9.45. The number of methoxy groups -OCH3 is 1. The maximum Gasteiger partial charge on any atom is 0.119 e. The molecule has 1 atom stereocenters. The van der Waals surface area contributed by atoms with Crippen LogP contribution in [0.25, 0.3) is 0 Å². The molecule has 1 unspecified atom stereocenters. The van der Waals surface area contributed by atoms with Gasteiger partial charge in [-0.1, -0.05) is 30.3 Å². The monoisotopic (exact) mass is 272 g/mol. The van der Waals surface area contributed by atoms with E-state index in [0.29, 0.717) is 6.61 Å². The summed E-state index contributed by atoms with van der Waals surface area (Å²) in [5, 5.41) is 9.45. The van der Waals surface area contributed by atoms with Crippen LogP contribution in [-0.2, 0) is 6.42 Å². The highest BCUT2D eigenvalue weighted by Gasteiger charge is 2.09. The van der Waals surface area contributed by atoms with Gasteiger partial charge in [0.25, 0.3) is 0 Å². The third-order valence-corrected chi connectivity index (χ3v) is 3.17. The fraction of sp³-hybridized carbons (Fsp3) is 0.294. The van der Waals surface area contributed by atoms with Gasteiger partial charge in [-0.2, -0.15) is 0 Å². The third kappa shape index (κ3) is 4.28. The average molecular weight is 272 g/mol. The summed E-state index contributed by atoms with van der Waals surface area (Å²) in [5.41, 5.74) is 1.21. The Labute approximate surface area is 119 Å². The van der Waals surface area contributed by atoms with Crippen molar-refractivity contribution >= 4 is 0 Å². The quantitative estimate of drug-likeness (QED) is 0.842. The molecular weight excluding hydrogens is 252 g/mol. The number of rotatable bonds is 7. The lowest BCUT2D eigenvalue weighted by atomic mass is 10.0. The van der Waals surface area contributed by atoms with E-state index in [1.807, 2.05) is 42.5 Å². The van der Waals surface area contributed by atoms with Crippen LogP contribution in [0.15, 0.2) is 54.6 Å². The van der Waals surface area contributed by atoms with Crippen molar-refractivity contribution in [2.24, 2.45) is 5.92 Å². The molecule has 2 aromatic rings. The van der Waals surface area contributed by atoms with Crippen LogP contribution in [0.3, 0.4) is 0 Å². The van der Waals surface area contributed by atoms with Gasteiger partial charge in [0.1, 0.15) is 11.5 Å². The molecule has 0 radical (unpaired) electrons. The molecule has 0 aliphatic heterocycles. The zero-order valence-electron chi connectivity index (χ0n) is 11.7. The van der Waals surface area contributed by atoms with E-state index in [-0.39, 0.29) is 12.5 Å². The standard InChI is InChI=1S/C17H20O3/c1-19-16-7-9-17(10-8-16)20-13-15(12-18)11-14-5-3-2-4-6-14/h2-10,15,18H,11-13H2,1H3. The summed E-state index contributed by atoms with van der Waals surface area (Å²) in [6.45, 7) is 0.614. The van der Waals surface area contributed by atoms with Gasteiger partial charge in [0.2, 0.25) is 0 Å². The van der Waals surface area contributed by atoms with Crippen molar-refractivity contribution in [3.63, 3.8) is 0 Å². The van der Waals surface area contributed by atoms with Gasteiger partial charge in [-0.05, 0) is 36.2 Å². The molecule has 1 N–H and O–H groups in total. The van der Waals surface area contributed by atoms with Gasteiger partial charge >= 0.3 is 0 Å². The van der Waals surface area contributed by atoms with E-state index >= 15 is 0 Å². The second-order valence-corrected chi connectivity index (χ2v) is 4.72. The fourth-order valence-corrected chi connectivity index (χ4v) is 2.01. The minimum absolute atomic E-state index is 0.0968. The molecule has 0 aromatic heterocycles. The molecule has 0 saturated carbocycles. The zero-order valence-corrected chi connectivity index (χ0v) is 11.7. The summed E-state index contributed by atoms with van der Waals surface area (Å²) in [6.07, 6.45) is 0.813. The molecule has 2 rings (SSSR count). The predicted octanol–water partition coefficient (Wildman–Crippen LogP) is 2.93. The first-order valence-corrected chi connectivity index (χ1v) is 6.73. The Balaban J connectivity index is 1.86. The molecule has 0 spiro atoms. The molecule has 0 amide bonds. The Morgan fingerprint density at radius 3 is 2.20 bits per heavy atom. The summed E-state index contributed by atoms with van der Waals surface area (Å²) in [6, 6.07) is 17.6. The van der Waals surface area contributed by atoms with Crippen LogP contribution < -0.4 is 9.47 Å². The first-order chi connectivity index (χ1) is 9.81. The molecular formula is C17H20O3. The molecule has 3 nitrogen and oxygen atoms in total. The number of hydrogen-bond acceptors (Lipinski definition) is 3. The Morgan fingerprint density at radius 2 is 1.60 bits per heavy atom. The maximum atomic E-state index is 9.45. The van der Waals surface area contributed by atoms with Gasteiger partial charge in [0.05, 0.1) is 13.7 Å². The van der Waals surface area contributed by atoms with Crippen molar-refractivity contribution in [1.29, 1.82) is 0 Å². The van der Waals surface area contributed by atoms with E-state index in [0.717, 1.165) is 17.9 Å². The lowest BCUT2D eigenvalue weighted by Crippen LogP contribution is -2.18. The molecule has 0 saturated heterocycles. The fourth-order valence-electron chi connectivity index (χ4n) is 2.01. The minimum atomic E-state index is 0.0968. The Morgan fingerprint density at radius 1 is 0.950 bits per heavy atom. The highest BCUT2D eigenvalue weighted by Crippen LogP contribution is 2.18. The van der Waals surface area contributed by atoms with Crippen molar-refractivity contribution in [3.8, 4) is 11.5 Å². The summed E-state index contributed by atoms with van der Waals surface area (Å²) < 4.78 is 10.8. The van der Waals surface area contributed by atoms with E-state index in [1.165, 1.54) is 5.56 Å². The highest BCUT2D eigenvalue weighted by atomic mass is 16.5. The van der Waals surface area contributed by atoms with Gasteiger partial charge in [0, 0.05) is 12.5 Å². The summed E-state index contributed by atoms with van der Waals surface area (Å²) in [7, 11) is 1.64. The smallest absolute Gasteiger partial charge is 0.119 e. The van der Waals surface area contributed by atoms with Crippen LogP contribution in [0.1, 0.15) is 5.56 Å². The highest BCUT2D eigenvalue weighted by molar-refractivity contribution is 5.31. The van der Waals surface area contributed by atoms with Crippen molar-refractivity contribution in [3.05, 3.63) is 60.2 Å². The minimum Gasteiger partial charge on any atom is -0.497 e. The molecule has 3 heteroatoms. The van der Waals surface area contributed by atoms with Crippen LogP contribution in [0.2, 0.25) is 0 Å². The van der Waals surface area contributed by atoms with Crippen LogP contribution in [0.4, 0.5) is 0 Å². The first kappa shape index (κ1) is 14.4. The van der Waals surface area contributed by atoms with E-state index in [2.05, 4.69) is 12.1 Å².